The monoisotopic (exact) mass is 290 g/mol. The van der Waals surface area contributed by atoms with E-state index in [1.165, 1.54) is 18.6 Å². The van der Waals surface area contributed by atoms with Gasteiger partial charge in [0.05, 0.1) is 15.9 Å². The summed E-state index contributed by atoms with van der Waals surface area (Å²) in [5, 5.41) is 21.9. The first-order valence-corrected chi connectivity index (χ1v) is 7.16. The Bertz CT molecular complexity index is 646. The molecule has 3 aliphatic rings. The molecule has 3 fully saturated rings. The number of non-ortho nitro benzene ring substituents is 1. The molecule has 0 aromatic heterocycles. The van der Waals surface area contributed by atoms with E-state index in [2.05, 4.69) is 0 Å². The summed E-state index contributed by atoms with van der Waals surface area (Å²) in [6, 6.07) is 3.60. The van der Waals surface area contributed by atoms with Crippen molar-refractivity contribution in [2.75, 3.05) is 0 Å². The van der Waals surface area contributed by atoms with E-state index in [0.717, 1.165) is 30.7 Å². The average Bonchev–Trinajstić information content (AvgIpc) is 3.12. The number of nitro benzene ring substituents is 2. The van der Waals surface area contributed by atoms with Crippen molar-refractivity contribution in [2.24, 2.45) is 23.7 Å². The number of fused-ring (bicyclic) bond motifs is 3. The predicted molar refractivity (Wildman–Crippen MR) is 72.0 cm³/mol. The lowest BCUT2D eigenvalue weighted by molar-refractivity contribution is -0.394. The number of benzene rings is 1. The van der Waals surface area contributed by atoms with Crippen LogP contribution in [0.2, 0.25) is 0 Å². The molecule has 0 bridgehead atoms. The zero-order valence-electron chi connectivity index (χ0n) is 11.2. The summed E-state index contributed by atoms with van der Waals surface area (Å²) in [6.07, 6.45) is 3.58. The number of nitro groups is 2. The van der Waals surface area contributed by atoms with Crippen molar-refractivity contribution in [2.45, 2.75) is 25.4 Å². The van der Waals surface area contributed by atoms with E-state index in [1.807, 2.05) is 0 Å². The second-order valence-electron chi connectivity index (χ2n) is 6.22. The molecule has 0 N–H and O–H groups in total. The number of nitrogens with zero attached hydrogens (tertiary/aromatic N) is 2. The SMILES string of the molecule is O=[N+]([O-])c1ccc(O[C@H]2[C@@H]3CC[C@H]3[C@H]3C[C@@H]32)c([N+](=O)[O-])c1. The van der Waals surface area contributed by atoms with E-state index in [1.54, 1.807) is 0 Å². The van der Waals surface area contributed by atoms with Crippen LogP contribution in [0.25, 0.3) is 0 Å². The van der Waals surface area contributed by atoms with E-state index < -0.39 is 9.85 Å². The van der Waals surface area contributed by atoms with Crippen LogP contribution in [-0.2, 0) is 0 Å². The van der Waals surface area contributed by atoms with Gasteiger partial charge in [0, 0.05) is 6.07 Å². The summed E-state index contributed by atoms with van der Waals surface area (Å²) in [5.41, 5.74) is -0.601. The molecule has 21 heavy (non-hydrogen) atoms. The molecule has 3 aliphatic carbocycles. The predicted octanol–water partition coefficient (Wildman–Crippen LogP) is 2.93. The first-order chi connectivity index (χ1) is 10.1. The Kier molecular flexibility index (Phi) is 2.49. The van der Waals surface area contributed by atoms with E-state index in [4.69, 9.17) is 4.74 Å². The maximum Gasteiger partial charge on any atom is 0.317 e. The maximum atomic E-state index is 11.1. The Hall–Kier alpha value is -2.18. The molecule has 7 heteroatoms. The van der Waals surface area contributed by atoms with Gasteiger partial charge in [-0.25, -0.2) is 0 Å². The van der Waals surface area contributed by atoms with Crippen LogP contribution in [0.1, 0.15) is 19.3 Å². The second kappa shape index (κ2) is 4.16. The van der Waals surface area contributed by atoms with Crippen LogP contribution in [-0.4, -0.2) is 16.0 Å². The van der Waals surface area contributed by atoms with Crippen LogP contribution >= 0.6 is 0 Å². The van der Waals surface area contributed by atoms with Crippen LogP contribution in [0.3, 0.4) is 0 Å². The van der Waals surface area contributed by atoms with Crippen molar-refractivity contribution >= 4 is 11.4 Å². The molecule has 0 radical (unpaired) electrons. The fourth-order valence-electron chi connectivity index (χ4n) is 4.10. The van der Waals surface area contributed by atoms with Crippen molar-refractivity contribution in [3.63, 3.8) is 0 Å². The number of hydrogen-bond acceptors (Lipinski definition) is 5. The van der Waals surface area contributed by atoms with E-state index >= 15 is 0 Å². The minimum atomic E-state index is -0.634. The molecule has 0 amide bonds. The number of ether oxygens (including phenoxy) is 1. The second-order valence-corrected chi connectivity index (χ2v) is 6.22. The highest BCUT2D eigenvalue weighted by atomic mass is 16.6. The Labute approximate surface area is 120 Å². The van der Waals surface area contributed by atoms with Gasteiger partial charge in [-0.1, -0.05) is 0 Å². The number of hydrogen-bond donors (Lipinski definition) is 0. The Balaban J connectivity index is 1.62. The zero-order chi connectivity index (χ0) is 14.7. The van der Waals surface area contributed by atoms with Gasteiger partial charge >= 0.3 is 5.69 Å². The van der Waals surface area contributed by atoms with Crippen molar-refractivity contribution in [3.05, 3.63) is 38.4 Å². The molecule has 7 nitrogen and oxygen atoms in total. The average molecular weight is 290 g/mol. The van der Waals surface area contributed by atoms with Gasteiger partial charge in [-0.05, 0) is 49.0 Å². The van der Waals surface area contributed by atoms with Gasteiger partial charge in [-0.15, -0.1) is 0 Å². The molecule has 0 spiro atoms. The van der Waals surface area contributed by atoms with E-state index in [-0.39, 0.29) is 23.2 Å². The molecular weight excluding hydrogens is 276 g/mol. The molecule has 4 rings (SSSR count). The zero-order valence-corrected chi connectivity index (χ0v) is 11.2. The summed E-state index contributed by atoms with van der Waals surface area (Å²) in [6.45, 7) is 0. The molecule has 1 aromatic rings. The molecular formula is C14H14N2O5. The van der Waals surface area contributed by atoms with Crippen molar-refractivity contribution in [3.8, 4) is 5.75 Å². The topological polar surface area (TPSA) is 95.5 Å². The van der Waals surface area contributed by atoms with Gasteiger partial charge in [0.25, 0.3) is 5.69 Å². The van der Waals surface area contributed by atoms with Gasteiger partial charge in [-0.2, -0.15) is 0 Å². The fraction of sp³-hybridized carbons (Fsp3) is 0.571. The third kappa shape index (κ3) is 1.80. The Morgan fingerprint density at radius 3 is 2.33 bits per heavy atom. The highest BCUT2D eigenvalue weighted by Gasteiger charge is 2.64. The van der Waals surface area contributed by atoms with Crippen LogP contribution in [0, 0.1) is 43.9 Å². The van der Waals surface area contributed by atoms with Crippen LogP contribution in [0.4, 0.5) is 11.4 Å². The molecule has 110 valence electrons. The molecule has 1 aromatic carbocycles. The minimum Gasteiger partial charge on any atom is -0.483 e. The van der Waals surface area contributed by atoms with E-state index in [0.29, 0.717) is 11.8 Å². The lowest BCUT2D eigenvalue weighted by atomic mass is 9.72. The molecule has 0 unspecified atom stereocenters. The van der Waals surface area contributed by atoms with Gasteiger partial charge in [0.1, 0.15) is 6.10 Å². The van der Waals surface area contributed by atoms with Gasteiger partial charge in [-0.3, -0.25) is 20.2 Å². The molecule has 0 saturated heterocycles. The van der Waals surface area contributed by atoms with Crippen LogP contribution < -0.4 is 4.74 Å². The summed E-state index contributed by atoms with van der Waals surface area (Å²) < 4.78 is 5.93. The molecule has 5 atom stereocenters. The first kappa shape index (κ1) is 12.6. The highest BCUT2D eigenvalue weighted by Crippen LogP contribution is 2.66. The van der Waals surface area contributed by atoms with Crippen LogP contribution in [0.15, 0.2) is 18.2 Å². The Morgan fingerprint density at radius 2 is 1.76 bits per heavy atom. The molecule has 0 heterocycles. The van der Waals surface area contributed by atoms with Crippen molar-refractivity contribution < 1.29 is 14.6 Å². The summed E-state index contributed by atoms with van der Waals surface area (Å²) in [4.78, 5) is 20.6. The van der Waals surface area contributed by atoms with Gasteiger partial charge in [0.2, 0.25) is 0 Å². The highest BCUT2D eigenvalue weighted by molar-refractivity contribution is 5.53. The van der Waals surface area contributed by atoms with Gasteiger partial charge < -0.3 is 4.74 Å². The Morgan fingerprint density at radius 1 is 1.00 bits per heavy atom. The maximum absolute atomic E-state index is 11.1. The summed E-state index contributed by atoms with van der Waals surface area (Å²) >= 11 is 0. The smallest absolute Gasteiger partial charge is 0.317 e. The largest absolute Gasteiger partial charge is 0.483 e. The quantitative estimate of drug-likeness (QED) is 0.627. The van der Waals surface area contributed by atoms with Crippen molar-refractivity contribution in [1.29, 1.82) is 0 Å². The lowest BCUT2D eigenvalue weighted by Gasteiger charge is -2.36. The minimum absolute atomic E-state index is 0.0499. The first-order valence-electron chi connectivity index (χ1n) is 7.16. The van der Waals surface area contributed by atoms with Crippen molar-refractivity contribution in [1.82, 2.24) is 0 Å². The van der Waals surface area contributed by atoms with E-state index in [9.17, 15) is 20.2 Å². The normalized spacial score (nSPS) is 35.3. The molecule has 0 aliphatic heterocycles. The van der Waals surface area contributed by atoms with Gasteiger partial charge in [0.15, 0.2) is 5.75 Å². The lowest BCUT2D eigenvalue weighted by Crippen LogP contribution is -2.35. The third-order valence-electron chi connectivity index (χ3n) is 5.28. The third-order valence-corrected chi connectivity index (χ3v) is 5.28. The standard InChI is InChI=1S/C14H14N2O5/c17-15(18)7-1-4-13(12(5-7)16(19)20)21-14-9-3-2-8(9)10-6-11(10)14/h1,4-5,8-11,14H,2-3,6H2/t8-,9-,10-,11+,14+/m1/s1. The fourth-order valence-corrected chi connectivity index (χ4v) is 4.10. The summed E-state index contributed by atoms with van der Waals surface area (Å²) in [7, 11) is 0. The summed E-state index contributed by atoms with van der Waals surface area (Å²) in [5.74, 6) is 2.68. The molecule has 3 saturated carbocycles. The van der Waals surface area contributed by atoms with Crippen LogP contribution in [0.5, 0.6) is 5.75 Å². The number of rotatable bonds is 4.